The van der Waals surface area contributed by atoms with Gasteiger partial charge in [-0.25, -0.2) is 0 Å². The standard InChI is InChI=1S/C10H19BrN4O/c1-7(8(2)12-5-6-16-4)9-10(11)13-14-15(9)3/h7-8,12H,5-6H2,1-4H3. The Morgan fingerprint density at radius 1 is 1.50 bits per heavy atom. The van der Waals surface area contributed by atoms with Crippen LogP contribution in [-0.2, 0) is 11.8 Å². The smallest absolute Gasteiger partial charge is 0.151 e. The average Bonchev–Trinajstić information content (AvgIpc) is 2.58. The summed E-state index contributed by atoms with van der Waals surface area (Å²) >= 11 is 3.42. The Morgan fingerprint density at radius 3 is 2.69 bits per heavy atom. The Kier molecular flexibility index (Phi) is 5.37. The molecule has 0 saturated carbocycles. The highest BCUT2D eigenvalue weighted by Gasteiger charge is 2.20. The second-order valence-corrected chi connectivity index (χ2v) is 4.66. The van der Waals surface area contributed by atoms with Crippen LogP contribution < -0.4 is 5.32 Å². The predicted molar refractivity (Wildman–Crippen MR) is 66.5 cm³/mol. The molecule has 0 radical (unpaired) electrons. The van der Waals surface area contributed by atoms with Crippen LogP contribution in [0.4, 0.5) is 0 Å². The van der Waals surface area contributed by atoms with E-state index in [1.807, 2.05) is 11.7 Å². The van der Waals surface area contributed by atoms with Crippen LogP contribution in [0.3, 0.4) is 0 Å². The second kappa shape index (κ2) is 6.32. The first-order chi connectivity index (χ1) is 7.57. The fourth-order valence-electron chi connectivity index (χ4n) is 1.62. The van der Waals surface area contributed by atoms with Crippen molar-refractivity contribution in [2.75, 3.05) is 20.3 Å². The normalized spacial score (nSPS) is 15.1. The summed E-state index contributed by atoms with van der Waals surface area (Å²) in [5.41, 5.74) is 1.11. The molecule has 0 aliphatic carbocycles. The fraction of sp³-hybridized carbons (Fsp3) is 0.800. The molecule has 0 fully saturated rings. The summed E-state index contributed by atoms with van der Waals surface area (Å²) in [7, 11) is 3.61. The number of aromatic nitrogens is 3. The van der Waals surface area contributed by atoms with Gasteiger partial charge in [0.05, 0.1) is 12.3 Å². The highest BCUT2D eigenvalue weighted by atomic mass is 79.9. The molecule has 1 heterocycles. The molecule has 0 spiro atoms. The molecule has 1 aromatic rings. The third-order valence-corrected chi connectivity index (χ3v) is 3.35. The molecule has 0 aromatic carbocycles. The van der Waals surface area contributed by atoms with Crippen LogP contribution in [0, 0.1) is 0 Å². The number of nitrogens with zero attached hydrogens (tertiary/aromatic N) is 3. The van der Waals surface area contributed by atoms with Crippen molar-refractivity contribution in [3.05, 3.63) is 10.3 Å². The molecular formula is C10H19BrN4O. The minimum absolute atomic E-state index is 0.339. The van der Waals surface area contributed by atoms with Crippen molar-refractivity contribution in [1.82, 2.24) is 20.3 Å². The molecule has 0 aliphatic rings. The maximum atomic E-state index is 5.01. The van der Waals surface area contributed by atoms with E-state index in [-0.39, 0.29) is 0 Å². The van der Waals surface area contributed by atoms with Crippen LogP contribution in [-0.4, -0.2) is 41.3 Å². The molecule has 0 saturated heterocycles. The van der Waals surface area contributed by atoms with E-state index < -0.39 is 0 Å². The van der Waals surface area contributed by atoms with Gasteiger partial charge in [-0.1, -0.05) is 12.1 Å². The summed E-state index contributed by atoms with van der Waals surface area (Å²) in [6.07, 6.45) is 0. The maximum Gasteiger partial charge on any atom is 0.151 e. The lowest BCUT2D eigenvalue weighted by atomic mass is 10.0. The third-order valence-electron chi connectivity index (χ3n) is 2.78. The first-order valence-electron chi connectivity index (χ1n) is 5.35. The molecule has 2 atom stereocenters. The van der Waals surface area contributed by atoms with Crippen LogP contribution in [0.25, 0.3) is 0 Å². The maximum absolute atomic E-state index is 5.01. The van der Waals surface area contributed by atoms with Gasteiger partial charge in [-0.15, -0.1) is 5.10 Å². The Morgan fingerprint density at radius 2 is 2.19 bits per heavy atom. The van der Waals surface area contributed by atoms with Crippen LogP contribution in [0.15, 0.2) is 4.60 Å². The first kappa shape index (κ1) is 13.6. The molecule has 0 aliphatic heterocycles. The summed E-state index contributed by atoms with van der Waals surface area (Å²) in [5, 5.41) is 11.4. The van der Waals surface area contributed by atoms with E-state index >= 15 is 0 Å². The quantitative estimate of drug-likeness (QED) is 0.803. The van der Waals surface area contributed by atoms with Crippen molar-refractivity contribution < 1.29 is 4.74 Å². The average molecular weight is 291 g/mol. The number of hydrogen-bond acceptors (Lipinski definition) is 4. The Labute approximate surface area is 105 Å². The van der Waals surface area contributed by atoms with E-state index in [4.69, 9.17) is 4.74 Å². The number of ether oxygens (including phenoxy) is 1. The molecule has 0 bridgehead atoms. The molecule has 6 heteroatoms. The van der Waals surface area contributed by atoms with Crippen LogP contribution in [0.2, 0.25) is 0 Å². The van der Waals surface area contributed by atoms with Gasteiger partial charge in [0.2, 0.25) is 0 Å². The molecule has 1 aromatic heterocycles. The fourth-order valence-corrected chi connectivity index (χ4v) is 2.31. The lowest BCUT2D eigenvalue weighted by Gasteiger charge is -2.21. The van der Waals surface area contributed by atoms with E-state index in [9.17, 15) is 0 Å². The largest absolute Gasteiger partial charge is 0.383 e. The van der Waals surface area contributed by atoms with Crippen LogP contribution >= 0.6 is 15.9 Å². The second-order valence-electron chi connectivity index (χ2n) is 3.91. The molecule has 1 N–H and O–H groups in total. The van der Waals surface area contributed by atoms with Gasteiger partial charge in [0.25, 0.3) is 0 Å². The zero-order valence-corrected chi connectivity index (χ0v) is 11.8. The number of halogens is 1. The van der Waals surface area contributed by atoms with Gasteiger partial charge in [0.1, 0.15) is 0 Å². The van der Waals surface area contributed by atoms with Crippen LogP contribution in [0.1, 0.15) is 25.5 Å². The zero-order valence-electron chi connectivity index (χ0n) is 10.2. The molecule has 2 unspecified atom stereocenters. The number of rotatable bonds is 6. The number of methoxy groups -OCH3 is 1. The summed E-state index contributed by atoms with van der Waals surface area (Å²) in [6, 6.07) is 0.351. The van der Waals surface area contributed by atoms with Crippen LogP contribution in [0.5, 0.6) is 0 Å². The van der Waals surface area contributed by atoms with Crippen molar-refractivity contribution >= 4 is 15.9 Å². The van der Waals surface area contributed by atoms with E-state index in [0.717, 1.165) is 23.4 Å². The molecule has 5 nitrogen and oxygen atoms in total. The topological polar surface area (TPSA) is 52.0 Å². The summed E-state index contributed by atoms with van der Waals surface area (Å²) < 4.78 is 7.64. The lowest BCUT2D eigenvalue weighted by Crippen LogP contribution is -2.34. The van der Waals surface area contributed by atoms with Crippen molar-refractivity contribution in [3.8, 4) is 0 Å². The van der Waals surface area contributed by atoms with Gasteiger partial charge < -0.3 is 10.1 Å². The van der Waals surface area contributed by atoms with Crippen molar-refractivity contribution in [2.45, 2.75) is 25.8 Å². The van der Waals surface area contributed by atoms with Crippen molar-refractivity contribution in [1.29, 1.82) is 0 Å². The van der Waals surface area contributed by atoms with Gasteiger partial charge in [-0.3, -0.25) is 4.68 Å². The SMILES string of the molecule is COCCNC(C)C(C)c1c(Br)nnn1C. The first-order valence-corrected chi connectivity index (χ1v) is 6.14. The lowest BCUT2D eigenvalue weighted by molar-refractivity contribution is 0.195. The van der Waals surface area contributed by atoms with Gasteiger partial charge in [0.15, 0.2) is 4.60 Å². The zero-order chi connectivity index (χ0) is 12.1. The van der Waals surface area contributed by atoms with E-state index in [1.165, 1.54) is 0 Å². The van der Waals surface area contributed by atoms with E-state index in [1.54, 1.807) is 7.11 Å². The van der Waals surface area contributed by atoms with E-state index in [0.29, 0.717) is 12.0 Å². The van der Waals surface area contributed by atoms with Crippen molar-refractivity contribution in [2.24, 2.45) is 7.05 Å². The van der Waals surface area contributed by atoms with Gasteiger partial charge >= 0.3 is 0 Å². The Balaban J connectivity index is 2.59. The number of hydrogen-bond donors (Lipinski definition) is 1. The molecular weight excluding hydrogens is 272 g/mol. The Bertz CT molecular complexity index is 309. The molecule has 0 amide bonds. The predicted octanol–water partition coefficient (Wildman–Crippen LogP) is 1.31. The summed E-state index contributed by atoms with van der Waals surface area (Å²) in [5.74, 6) is 0.339. The summed E-state index contributed by atoms with van der Waals surface area (Å²) in [4.78, 5) is 0. The molecule has 16 heavy (non-hydrogen) atoms. The van der Waals surface area contributed by atoms with Gasteiger partial charge in [-0.2, -0.15) is 0 Å². The molecule has 1 rings (SSSR count). The molecule has 92 valence electrons. The highest BCUT2D eigenvalue weighted by Crippen LogP contribution is 2.24. The third kappa shape index (κ3) is 3.26. The number of aryl methyl sites for hydroxylation is 1. The monoisotopic (exact) mass is 290 g/mol. The van der Waals surface area contributed by atoms with Gasteiger partial charge in [-0.05, 0) is 22.9 Å². The minimum Gasteiger partial charge on any atom is -0.383 e. The number of nitrogens with one attached hydrogen (secondary N) is 1. The summed E-state index contributed by atoms with van der Waals surface area (Å²) in [6.45, 7) is 5.89. The van der Waals surface area contributed by atoms with Crippen molar-refractivity contribution in [3.63, 3.8) is 0 Å². The van der Waals surface area contributed by atoms with E-state index in [2.05, 4.69) is 45.4 Å². The highest BCUT2D eigenvalue weighted by molar-refractivity contribution is 9.10. The van der Waals surface area contributed by atoms with Gasteiger partial charge in [0, 0.05) is 32.7 Å². The minimum atomic E-state index is 0.339. The Hall–Kier alpha value is -0.460.